The molecule has 0 aliphatic carbocycles. The van der Waals surface area contributed by atoms with Gasteiger partial charge >= 0.3 is 5.97 Å². The second kappa shape index (κ2) is 10.0. The van der Waals surface area contributed by atoms with Gasteiger partial charge in [0.05, 0.1) is 26.2 Å². The first-order chi connectivity index (χ1) is 10.2. The highest BCUT2D eigenvalue weighted by atomic mass is 16.5. The zero-order valence-electron chi connectivity index (χ0n) is 13.1. The van der Waals surface area contributed by atoms with Crippen molar-refractivity contribution in [1.29, 1.82) is 0 Å². The average molecular weight is 295 g/mol. The minimum Gasteiger partial charge on any atom is -0.490 e. The Bertz CT molecular complexity index is 434. The summed E-state index contributed by atoms with van der Waals surface area (Å²) in [5, 5.41) is 3.21. The van der Waals surface area contributed by atoms with Gasteiger partial charge in [-0.15, -0.1) is 0 Å². The van der Waals surface area contributed by atoms with Crippen molar-refractivity contribution in [1.82, 2.24) is 5.32 Å². The van der Waals surface area contributed by atoms with Crippen molar-refractivity contribution in [3.63, 3.8) is 0 Å². The van der Waals surface area contributed by atoms with E-state index in [1.807, 2.05) is 32.0 Å². The van der Waals surface area contributed by atoms with Crippen LogP contribution in [0.1, 0.15) is 32.8 Å². The van der Waals surface area contributed by atoms with Gasteiger partial charge < -0.3 is 19.5 Å². The molecule has 0 unspecified atom stereocenters. The van der Waals surface area contributed by atoms with E-state index in [-0.39, 0.29) is 5.97 Å². The Labute approximate surface area is 126 Å². The van der Waals surface area contributed by atoms with Crippen LogP contribution in [0.4, 0.5) is 0 Å². The first-order valence-electron chi connectivity index (χ1n) is 7.46. The van der Waals surface area contributed by atoms with Crippen LogP contribution in [-0.2, 0) is 16.1 Å². The van der Waals surface area contributed by atoms with Gasteiger partial charge in [0.25, 0.3) is 0 Å². The molecule has 0 saturated carbocycles. The molecule has 0 aromatic heterocycles. The van der Waals surface area contributed by atoms with E-state index >= 15 is 0 Å². The summed E-state index contributed by atoms with van der Waals surface area (Å²) in [7, 11) is 0. The summed E-state index contributed by atoms with van der Waals surface area (Å²) in [6.07, 6.45) is 0.378. The number of ether oxygens (including phenoxy) is 3. The molecular weight excluding hydrogens is 270 g/mol. The van der Waals surface area contributed by atoms with Crippen LogP contribution in [0.5, 0.6) is 11.5 Å². The number of benzene rings is 1. The van der Waals surface area contributed by atoms with Crippen LogP contribution in [0.25, 0.3) is 0 Å². The molecule has 0 bridgehead atoms. The van der Waals surface area contributed by atoms with E-state index in [1.165, 1.54) is 0 Å². The summed E-state index contributed by atoms with van der Waals surface area (Å²) >= 11 is 0. The van der Waals surface area contributed by atoms with Gasteiger partial charge in [-0.25, -0.2) is 0 Å². The smallest absolute Gasteiger partial charge is 0.307 e. The molecule has 0 atom stereocenters. The lowest BCUT2D eigenvalue weighted by Crippen LogP contribution is -2.19. The van der Waals surface area contributed by atoms with Gasteiger partial charge in [-0.3, -0.25) is 4.79 Å². The summed E-state index contributed by atoms with van der Waals surface area (Å²) in [5.74, 6) is 1.34. The number of carbonyl (C=O) groups excluding carboxylic acids is 1. The van der Waals surface area contributed by atoms with E-state index in [1.54, 1.807) is 6.92 Å². The summed E-state index contributed by atoms with van der Waals surface area (Å²) in [5.41, 5.74) is 1.09. The molecule has 5 heteroatoms. The summed E-state index contributed by atoms with van der Waals surface area (Å²) in [4.78, 5) is 11.2. The van der Waals surface area contributed by atoms with Crippen LogP contribution >= 0.6 is 0 Å². The lowest BCUT2D eigenvalue weighted by atomic mass is 10.2. The lowest BCUT2D eigenvalue weighted by Gasteiger charge is -2.12. The highest BCUT2D eigenvalue weighted by Crippen LogP contribution is 2.28. The van der Waals surface area contributed by atoms with Gasteiger partial charge in [-0.1, -0.05) is 6.07 Å². The Morgan fingerprint density at radius 1 is 1.05 bits per heavy atom. The van der Waals surface area contributed by atoms with Crippen molar-refractivity contribution >= 4 is 5.97 Å². The second-order valence-corrected chi connectivity index (χ2v) is 4.38. The van der Waals surface area contributed by atoms with E-state index in [4.69, 9.17) is 14.2 Å². The summed E-state index contributed by atoms with van der Waals surface area (Å²) < 4.78 is 16.0. The monoisotopic (exact) mass is 295 g/mol. The third kappa shape index (κ3) is 6.49. The Kier molecular flexibility index (Phi) is 8.28. The molecule has 0 saturated heterocycles. The largest absolute Gasteiger partial charge is 0.490 e. The maximum atomic E-state index is 11.2. The van der Waals surface area contributed by atoms with E-state index in [2.05, 4.69) is 5.32 Å². The van der Waals surface area contributed by atoms with Crippen LogP contribution < -0.4 is 14.8 Å². The molecule has 0 radical (unpaired) electrons. The molecule has 5 nitrogen and oxygen atoms in total. The molecule has 0 fully saturated rings. The van der Waals surface area contributed by atoms with Crippen molar-refractivity contribution < 1.29 is 19.0 Å². The van der Waals surface area contributed by atoms with Crippen LogP contribution in [0, 0.1) is 0 Å². The predicted octanol–water partition coefficient (Wildman–Crippen LogP) is 2.53. The molecule has 0 spiro atoms. The first kappa shape index (κ1) is 17.3. The fourth-order valence-corrected chi connectivity index (χ4v) is 1.86. The third-order valence-corrected chi connectivity index (χ3v) is 2.75. The van der Waals surface area contributed by atoms with Crippen molar-refractivity contribution in [2.24, 2.45) is 0 Å². The van der Waals surface area contributed by atoms with Gasteiger partial charge in [0.15, 0.2) is 11.5 Å². The fourth-order valence-electron chi connectivity index (χ4n) is 1.86. The normalized spacial score (nSPS) is 10.2. The molecule has 0 aliphatic rings. The molecular formula is C16H25NO4. The molecule has 0 aliphatic heterocycles. The fraction of sp³-hybridized carbons (Fsp3) is 0.562. The second-order valence-electron chi connectivity index (χ2n) is 4.38. The predicted molar refractivity (Wildman–Crippen MR) is 81.7 cm³/mol. The maximum absolute atomic E-state index is 11.2. The number of hydrogen-bond donors (Lipinski definition) is 1. The van der Waals surface area contributed by atoms with Crippen molar-refractivity contribution in [3.8, 4) is 11.5 Å². The maximum Gasteiger partial charge on any atom is 0.307 e. The molecule has 1 aromatic rings. The topological polar surface area (TPSA) is 56.8 Å². The number of rotatable bonds is 10. The van der Waals surface area contributed by atoms with Crippen LogP contribution in [0.2, 0.25) is 0 Å². The van der Waals surface area contributed by atoms with Crippen molar-refractivity contribution in [3.05, 3.63) is 23.8 Å². The highest BCUT2D eigenvalue weighted by molar-refractivity contribution is 5.69. The molecule has 21 heavy (non-hydrogen) atoms. The van der Waals surface area contributed by atoms with E-state index in [0.717, 1.165) is 17.1 Å². The quantitative estimate of drug-likeness (QED) is 0.531. The molecule has 1 aromatic carbocycles. The molecule has 1 rings (SSSR count). The van der Waals surface area contributed by atoms with Crippen LogP contribution in [-0.4, -0.2) is 32.3 Å². The Balaban J connectivity index is 2.47. The van der Waals surface area contributed by atoms with Gasteiger partial charge in [-0.05, 0) is 38.5 Å². The SMILES string of the molecule is CCOC(=O)CCNCc1ccc(OCC)c(OCC)c1. The van der Waals surface area contributed by atoms with Crippen molar-refractivity contribution in [2.75, 3.05) is 26.4 Å². The average Bonchev–Trinajstić information content (AvgIpc) is 2.47. The number of esters is 1. The van der Waals surface area contributed by atoms with Gasteiger partial charge in [0, 0.05) is 13.1 Å². The molecule has 118 valence electrons. The number of hydrogen-bond acceptors (Lipinski definition) is 5. The number of nitrogens with one attached hydrogen (secondary N) is 1. The zero-order chi connectivity index (χ0) is 15.5. The van der Waals surface area contributed by atoms with Crippen molar-refractivity contribution in [2.45, 2.75) is 33.7 Å². The highest BCUT2D eigenvalue weighted by Gasteiger charge is 2.06. The Morgan fingerprint density at radius 3 is 2.43 bits per heavy atom. The van der Waals surface area contributed by atoms with E-state index < -0.39 is 0 Å². The zero-order valence-corrected chi connectivity index (χ0v) is 13.1. The molecule has 0 heterocycles. The van der Waals surface area contributed by atoms with Gasteiger partial charge in [-0.2, -0.15) is 0 Å². The molecule has 1 N–H and O–H groups in total. The van der Waals surface area contributed by atoms with E-state index in [0.29, 0.717) is 39.3 Å². The minimum atomic E-state index is -0.174. The Morgan fingerprint density at radius 2 is 1.76 bits per heavy atom. The molecule has 0 amide bonds. The van der Waals surface area contributed by atoms with Gasteiger partial charge in [0.1, 0.15) is 0 Å². The standard InChI is InChI=1S/C16H25NO4/c1-4-19-14-8-7-13(11-15(14)20-5-2)12-17-10-9-16(18)21-6-3/h7-8,11,17H,4-6,9-10,12H2,1-3H3. The van der Waals surface area contributed by atoms with E-state index in [9.17, 15) is 4.79 Å². The minimum absolute atomic E-state index is 0.174. The Hall–Kier alpha value is -1.75. The van der Waals surface area contributed by atoms with Crippen LogP contribution in [0.15, 0.2) is 18.2 Å². The summed E-state index contributed by atoms with van der Waals surface area (Å²) in [6.45, 7) is 8.59. The summed E-state index contributed by atoms with van der Waals surface area (Å²) in [6, 6.07) is 5.87. The van der Waals surface area contributed by atoms with Gasteiger partial charge in [0.2, 0.25) is 0 Å². The number of carbonyl (C=O) groups is 1. The van der Waals surface area contributed by atoms with Crippen LogP contribution in [0.3, 0.4) is 0 Å². The lowest BCUT2D eigenvalue weighted by molar-refractivity contribution is -0.142. The third-order valence-electron chi connectivity index (χ3n) is 2.75. The first-order valence-corrected chi connectivity index (χ1v) is 7.46.